The minimum atomic E-state index is -4.74. The Balaban J connectivity index is 1.45. The molecule has 10 heteroatoms. The van der Waals surface area contributed by atoms with Gasteiger partial charge in [-0.1, -0.05) is 26.0 Å². The molecule has 1 heterocycles. The summed E-state index contributed by atoms with van der Waals surface area (Å²) in [6.07, 6.45) is -3.26. The second-order valence-corrected chi connectivity index (χ2v) is 8.33. The molecule has 0 fully saturated rings. The van der Waals surface area contributed by atoms with E-state index in [0.29, 0.717) is 35.6 Å². The average Bonchev–Trinajstić information content (AvgIpc) is 3.33. The van der Waals surface area contributed by atoms with Crippen molar-refractivity contribution in [2.75, 3.05) is 6.61 Å². The number of amidine groups is 1. The number of nitrogens with zero attached hydrogens (tertiary/aromatic N) is 4. The molecule has 0 amide bonds. The largest absolute Gasteiger partial charge is 0.573 e. The normalized spacial score (nSPS) is 12.1. The molecule has 0 spiro atoms. The number of ether oxygens (including phenoxy) is 2. The first-order valence-corrected chi connectivity index (χ1v) is 11.1. The number of rotatable bonds is 8. The van der Waals surface area contributed by atoms with E-state index in [0.717, 1.165) is 16.9 Å². The molecule has 0 aliphatic heterocycles. The summed E-state index contributed by atoms with van der Waals surface area (Å²) in [6, 6.07) is 20.0. The molecule has 3 aromatic carbocycles. The molecule has 0 aliphatic rings. The summed E-state index contributed by atoms with van der Waals surface area (Å²) < 4.78 is 48.1. The highest BCUT2D eigenvalue weighted by Gasteiger charge is 2.31. The van der Waals surface area contributed by atoms with Crippen LogP contribution in [0.5, 0.6) is 11.5 Å². The Hall–Kier alpha value is -4.34. The predicted octanol–water partition coefficient (Wildman–Crippen LogP) is 5.90. The molecule has 4 rings (SSSR count). The van der Waals surface area contributed by atoms with Gasteiger partial charge in [-0.05, 0) is 66.6 Å². The first kappa shape index (κ1) is 24.8. The monoisotopic (exact) mass is 495 g/mol. The van der Waals surface area contributed by atoms with Crippen molar-refractivity contribution >= 4 is 11.5 Å². The van der Waals surface area contributed by atoms with Crippen molar-refractivity contribution < 1.29 is 22.6 Å². The van der Waals surface area contributed by atoms with Gasteiger partial charge in [0.05, 0.1) is 18.0 Å². The van der Waals surface area contributed by atoms with Gasteiger partial charge in [-0.2, -0.15) is 0 Å². The quantitative estimate of drug-likeness (QED) is 0.243. The summed E-state index contributed by atoms with van der Waals surface area (Å²) in [6.45, 7) is 4.78. The molecular formula is C26H24F3N5O2. The second-order valence-electron chi connectivity index (χ2n) is 8.33. The van der Waals surface area contributed by atoms with Gasteiger partial charge in [0.15, 0.2) is 5.82 Å². The van der Waals surface area contributed by atoms with Gasteiger partial charge in [0.2, 0.25) is 0 Å². The first-order valence-electron chi connectivity index (χ1n) is 11.1. The number of alkyl halides is 3. The Morgan fingerprint density at radius 1 is 1.00 bits per heavy atom. The first-order chi connectivity index (χ1) is 17.2. The van der Waals surface area contributed by atoms with E-state index in [1.54, 1.807) is 12.1 Å². The molecule has 2 N–H and O–H groups in total. The molecule has 36 heavy (non-hydrogen) atoms. The predicted molar refractivity (Wildman–Crippen MR) is 131 cm³/mol. The van der Waals surface area contributed by atoms with Crippen molar-refractivity contribution in [1.29, 1.82) is 0 Å². The lowest BCUT2D eigenvalue weighted by Crippen LogP contribution is -2.17. The molecule has 0 radical (unpaired) electrons. The van der Waals surface area contributed by atoms with Crippen molar-refractivity contribution in [3.05, 3.63) is 84.7 Å². The SMILES string of the molecule is CC(C)COc1cccc(C(N)=Nc2ccc(-c3ncn(-c4ccc(OC(F)(F)F)cc4)n3)cc2)c1. The van der Waals surface area contributed by atoms with Crippen LogP contribution >= 0.6 is 0 Å². The van der Waals surface area contributed by atoms with Crippen molar-refractivity contribution in [2.45, 2.75) is 20.2 Å². The smallest absolute Gasteiger partial charge is 0.493 e. The van der Waals surface area contributed by atoms with Crippen LogP contribution in [0, 0.1) is 5.92 Å². The number of benzene rings is 3. The number of nitrogens with two attached hydrogens (primary N) is 1. The molecule has 0 bridgehead atoms. The van der Waals surface area contributed by atoms with Crippen LogP contribution < -0.4 is 15.2 Å². The van der Waals surface area contributed by atoms with Crippen molar-refractivity contribution in [3.63, 3.8) is 0 Å². The molecule has 1 aromatic heterocycles. The van der Waals surface area contributed by atoms with Crippen molar-refractivity contribution in [1.82, 2.24) is 14.8 Å². The highest BCUT2D eigenvalue weighted by atomic mass is 19.4. The molecule has 4 aromatic rings. The van der Waals surface area contributed by atoms with E-state index < -0.39 is 6.36 Å². The van der Waals surface area contributed by atoms with Crippen LogP contribution in [0.25, 0.3) is 17.1 Å². The van der Waals surface area contributed by atoms with Crippen LogP contribution in [-0.4, -0.2) is 33.6 Å². The summed E-state index contributed by atoms with van der Waals surface area (Å²) in [5.74, 6) is 1.65. The summed E-state index contributed by atoms with van der Waals surface area (Å²) in [5.41, 5.74) is 8.90. The minimum absolute atomic E-state index is 0.309. The van der Waals surface area contributed by atoms with E-state index in [2.05, 4.69) is 33.7 Å². The zero-order valence-corrected chi connectivity index (χ0v) is 19.6. The highest BCUT2D eigenvalue weighted by molar-refractivity contribution is 5.99. The summed E-state index contributed by atoms with van der Waals surface area (Å²) >= 11 is 0. The van der Waals surface area contributed by atoms with E-state index in [-0.39, 0.29) is 5.75 Å². The third-order valence-corrected chi connectivity index (χ3v) is 4.91. The van der Waals surface area contributed by atoms with Gasteiger partial charge in [-0.3, -0.25) is 0 Å². The van der Waals surface area contributed by atoms with Crippen LogP contribution in [0.15, 0.2) is 84.1 Å². The van der Waals surface area contributed by atoms with Gasteiger partial charge in [0.1, 0.15) is 23.7 Å². The zero-order valence-electron chi connectivity index (χ0n) is 19.6. The molecule has 0 atom stereocenters. The molecule has 0 saturated heterocycles. The summed E-state index contributed by atoms with van der Waals surface area (Å²) in [5, 5.41) is 4.40. The third-order valence-electron chi connectivity index (χ3n) is 4.91. The van der Waals surface area contributed by atoms with E-state index in [9.17, 15) is 13.2 Å². The summed E-state index contributed by atoms with van der Waals surface area (Å²) in [4.78, 5) is 8.78. The number of halogens is 3. The van der Waals surface area contributed by atoms with E-state index in [1.807, 2.05) is 36.4 Å². The Kier molecular flexibility index (Phi) is 7.23. The van der Waals surface area contributed by atoms with Crippen molar-refractivity contribution in [2.24, 2.45) is 16.6 Å². The van der Waals surface area contributed by atoms with Gasteiger partial charge in [0.25, 0.3) is 0 Å². The van der Waals surface area contributed by atoms with Crippen LogP contribution in [0.3, 0.4) is 0 Å². The lowest BCUT2D eigenvalue weighted by atomic mass is 10.2. The van der Waals surface area contributed by atoms with Crippen LogP contribution in [-0.2, 0) is 0 Å². The lowest BCUT2D eigenvalue weighted by molar-refractivity contribution is -0.274. The minimum Gasteiger partial charge on any atom is -0.493 e. The number of hydrogen-bond donors (Lipinski definition) is 1. The maximum absolute atomic E-state index is 12.3. The van der Waals surface area contributed by atoms with Crippen LogP contribution in [0.1, 0.15) is 19.4 Å². The molecule has 0 unspecified atom stereocenters. The topological polar surface area (TPSA) is 87.6 Å². The maximum Gasteiger partial charge on any atom is 0.573 e. The zero-order chi connectivity index (χ0) is 25.7. The van der Waals surface area contributed by atoms with Gasteiger partial charge in [-0.15, -0.1) is 18.3 Å². The summed E-state index contributed by atoms with van der Waals surface area (Å²) in [7, 11) is 0. The van der Waals surface area contributed by atoms with Gasteiger partial charge in [0, 0.05) is 11.1 Å². The van der Waals surface area contributed by atoms with E-state index in [4.69, 9.17) is 10.5 Å². The molecule has 0 saturated carbocycles. The maximum atomic E-state index is 12.3. The van der Waals surface area contributed by atoms with E-state index >= 15 is 0 Å². The standard InChI is InChI=1S/C26H24F3N5O2/c1-17(2)15-35-23-5-3-4-19(14-23)24(30)32-20-8-6-18(7-9-20)25-31-16-34(33-25)21-10-12-22(13-11-21)36-26(27,28)29/h3-14,16-17H,15H2,1-2H3,(H2,30,32). The Morgan fingerprint density at radius 3 is 2.39 bits per heavy atom. The molecule has 186 valence electrons. The second kappa shape index (κ2) is 10.5. The van der Waals surface area contributed by atoms with Crippen molar-refractivity contribution in [3.8, 4) is 28.6 Å². The highest BCUT2D eigenvalue weighted by Crippen LogP contribution is 2.25. The Morgan fingerprint density at radius 2 is 1.72 bits per heavy atom. The Labute approximate surface area is 206 Å². The number of aromatic nitrogens is 3. The molecule has 0 aliphatic carbocycles. The third kappa shape index (κ3) is 6.62. The van der Waals surface area contributed by atoms with E-state index in [1.165, 1.54) is 35.3 Å². The number of aliphatic imine (C=N–C) groups is 1. The van der Waals surface area contributed by atoms with Gasteiger partial charge in [-0.25, -0.2) is 14.7 Å². The van der Waals surface area contributed by atoms with Crippen LogP contribution in [0.2, 0.25) is 0 Å². The van der Waals surface area contributed by atoms with Crippen LogP contribution in [0.4, 0.5) is 18.9 Å². The molecular weight excluding hydrogens is 471 g/mol. The Bertz CT molecular complexity index is 1330. The molecule has 7 nitrogen and oxygen atoms in total. The number of hydrogen-bond acceptors (Lipinski definition) is 5. The fraction of sp³-hybridized carbons (Fsp3) is 0.192. The van der Waals surface area contributed by atoms with Gasteiger partial charge >= 0.3 is 6.36 Å². The van der Waals surface area contributed by atoms with Gasteiger partial charge < -0.3 is 15.2 Å². The lowest BCUT2D eigenvalue weighted by Gasteiger charge is -2.10. The fourth-order valence-corrected chi connectivity index (χ4v) is 3.22. The average molecular weight is 496 g/mol. The fourth-order valence-electron chi connectivity index (χ4n) is 3.22.